The Bertz CT molecular complexity index is 141. The number of unbranched alkanes of at least 4 members (excludes halogenated alkanes) is 1. The fourth-order valence-electron chi connectivity index (χ4n) is 1.30. The summed E-state index contributed by atoms with van der Waals surface area (Å²) in [6.07, 6.45) is 4.07. The van der Waals surface area contributed by atoms with Gasteiger partial charge in [-0.3, -0.25) is 4.79 Å². The molecule has 1 rings (SSSR count). The zero-order chi connectivity index (χ0) is 8.81. The van der Waals surface area contributed by atoms with E-state index >= 15 is 0 Å². The first-order valence-electron chi connectivity index (χ1n) is 4.74. The predicted octanol–water partition coefficient (Wildman–Crippen LogP) is 1.08. The smallest absolute Gasteiger partial charge is 0.323 e. The third-order valence-corrected chi connectivity index (χ3v) is 2.09. The van der Waals surface area contributed by atoms with Crippen LogP contribution in [0.15, 0.2) is 0 Å². The van der Waals surface area contributed by atoms with E-state index in [1.54, 1.807) is 0 Å². The van der Waals surface area contributed by atoms with Crippen LogP contribution in [0.3, 0.4) is 0 Å². The SMILES string of the molecule is CCCCOC(=O)[C@H]1CCCN1. The van der Waals surface area contributed by atoms with Crippen LogP contribution in [0.5, 0.6) is 0 Å². The molecule has 1 saturated heterocycles. The van der Waals surface area contributed by atoms with Crippen LogP contribution in [-0.2, 0) is 9.53 Å². The van der Waals surface area contributed by atoms with E-state index in [9.17, 15) is 4.79 Å². The zero-order valence-electron chi connectivity index (χ0n) is 7.64. The monoisotopic (exact) mass is 171 g/mol. The lowest BCUT2D eigenvalue weighted by Crippen LogP contribution is -2.32. The van der Waals surface area contributed by atoms with Gasteiger partial charge in [0.05, 0.1) is 6.61 Å². The molecular formula is C9H17NO2. The van der Waals surface area contributed by atoms with Crippen LogP contribution in [0.4, 0.5) is 0 Å². The minimum atomic E-state index is -0.0686. The number of rotatable bonds is 4. The van der Waals surface area contributed by atoms with Crippen LogP contribution >= 0.6 is 0 Å². The van der Waals surface area contributed by atoms with Crippen molar-refractivity contribution in [3.63, 3.8) is 0 Å². The Hall–Kier alpha value is -0.570. The lowest BCUT2D eigenvalue weighted by atomic mass is 10.2. The molecule has 0 unspecified atom stereocenters. The van der Waals surface area contributed by atoms with Gasteiger partial charge in [0.2, 0.25) is 0 Å². The van der Waals surface area contributed by atoms with E-state index in [2.05, 4.69) is 12.2 Å². The van der Waals surface area contributed by atoms with Gasteiger partial charge in [0.25, 0.3) is 0 Å². The Morgan fingerprint density at radius 3 is 3.08 bits per heavy atom. The molecule has 0 radical (unpaired) electrons. The summed E-state index contributed by atoms with van der Waals surface area (Å²) in [7, 11) is 0. The molecule has 1 aliphatic heterocycles. The van der Waals surface area contributed by atoms with E-state index in [0.717, 1.165) is 32.2 Å². The van der Waals surface area contributed by atoms with Gasteiger partial charge in [0.15, 0.2) is 0 Å². The molecule has 1 heterocycles. The highest BCUT2D eigenvalue weighted by atomic mass is 16.5. The second-order valence-corrected chi connectivity index (χ2v) is 3.17. The van der Waals surface area contributed by atoms with Crippen molar-refractivity contribution in [2.45, 2.75) is 38.6 Å². The molecule has 0 saturated carbocycles. The standard InChI is InChI=1S/C9H17NO2/c1-2-3-7-12-9(11)8-5-4-6-10-8/h8,10H,2-7H2,1H3/t8-/m1/s1. The highest BCUT2D eigenvalue weighted by molar-refractivity contribution is 5.76. The van der Waals surface area contributed by atoms with Gasteiger partial charge >= 0.3 is 5.97 Å². The molecule has 12 heavy (non-hydrogen) atoms. The summed E-state index contributed by atoms with van der Waals surface area (Å²) in [6.45, 7) is 3.61. The van der Waals surface area contributed by atoms with Crippen molar-refractivity contribution < 1.29 is 9.53 Å². The number of hydrogen-bond acceptors (Lipinski definition) is 3. The molecule has 0 aliphatic carbocycles. The van der Waals surface area contributed by atoms with Gasteiger partial charge in [0.1, 0.15) is 6.04 Å². The predicted molar refractivity (Wildman–Crippen MR) is 46.9 cm³/mol. The van der Waals surface area contributed by atoms with Crippen LogP contribution < -0.4 is 5.32 Å². The molecule has 0 aromatic rings. The molecule has 70 valence electrons. The van der Waals surface area contributed by atoms with Crippen molar-refractivity contribution >= 4 is 5.97 Å². The third kappa shape index (κ3) is 2.81. The van der Waals surface area contributed by atoms with Gasteiger partial charge in [-0.05, 0) is 25.8 Å². The van der Waals surface area contributed by atoms with E-state index in [0.29, 0.717) is 6.61 Å². The Morgan fingerprint density at radius 1 is 1.67 bits per heavy atom. The van der Waals surface area contributed by atoms with Gasteiger partial charge in [-0.2, -0.15) is 0 Å². The number of carbonyl (C=O) groups is 1. The van der Waals surface area contributed by atoms with E-state index in [4.69, 9.17) is 4.74 Å². The summed E-state index contributed by atoms with van der Waals surface area (Å²) in [6, 6.07) is -0.0261. The van der Waals surface area contributed by atoms with Crippen LogP contribution in [0, 0.1) is 0 Å². The Morgan fingerprint density at radius 2 is 2.50 bits per heavy atom. The van der Waals surface area contributed by atoms with Crippen molar-refractivity contribution in [2.24, 2.45) is 0 Å². The Balaban J connectivity index is 2.10. The molecule has 0 bridgehead atoms. The summed E-state index contributed by atoms with van der Waals surface area (Å²) in [5.41, 5.74) is 0. The summed E-state index contributed by atoms with van der Waals surface area (Å²) in [5.74, 6) is -0.0686. The van der Waals surface area contributed by atoms with Crippen molar-refractivity contribution in [3.8, 4) is 0 Å². The highest BCUT2D eigenvalue weighted by Gasteiger charge is 2.22. The second kappa shape index (κ2) is 5.14. The van der Waals surface area contributed by atoms with Gasteiger partial charge in [-0.25, -0.2) is 0 Å². The highest BCUT2D eigenvalue weighted by Crippen LogP contribution is 2.06. The quantitative estimate of drug-likeness (QED) is 0.508. The summed E-state index contributed by atoms with van der Waals surface area (Å²) in [4.78, 5) is 11.2. The fraction of sp³-hybridized carbons (Fsp3) is 0.889. The summed E-state index contributed by atoms with van der Waals surface area (Å²) in [5, 5.41) is 3.11. The van der Waals surface area contributed by atoms with Crippen molar-refractivity contribution in [3.05, 3.63) is 0 Å². The maximum absolute atomic E-state index is 11.2. The molecule has 0 aromatic carbocycles. The average molecular weight is 171 g/mol. The van der Waals surface area contributed by atoms with E-state index in [1.807, 2.05) is 0 Å². The van der Waals surface area contributed by atoms with Gasteiger partial charge in [0, 0.05) is 0 Å². The van der Waals surface area contributed by atoms with E-state index in [1.165, 1.54) is 0 Å². The number of carbonyl (C=O) groups excluding carboxylic acids is 1. The van der Waals surface area contributed by atoms with E-state index < -0.39 is 0 Å². The molecule has 0 spiro atoms. The molecule has 3 nitrogen and oxygen atoms in total. The first-order valence-corrected chi connectivity index (χ1v) is 4.74. The van der Waals surface area contributed by atoms with Crippen LogP contribution in [0.25, 0.3) is 0 Å². The van der Waals surface area contributed by atoms with Crippen molar-refractivity contribution in [2.75, 3.05) is 13.2 Å². The average Bonchev–Trinajstić information content (AvgIpc) is 2.56. The molecule has 1 N–H and O–H groups in total. The molecule has 0 amide bonds. The number of hydrogen-bond donors (Lipinski definition) is 1. The maximum atomic E-state index is 11.2. The van der Waals surface area contributed by atoms with Crippen LogP contribution in [0.2, 0.25) is 0 Å². The lowest BCUT2D eigenvalue weighted by Gasteiger charge is -2.09. The fourth-order valence-corrected chi connectivity index (χ4v) is 1.30. The molecule has 0 aromatic heterocycles. The summed E-state index contributed by atoms with van der Waals surface area (Å²) < 4.78 is 5.06. The Kier molecular flexibility index (Phi) is 4.08. The van der Waals surface area contributed by atoms with Crippen molar-refractivity contribution in [1.29, 1.82) is 0 Å². The van der Waals surface area contributed by atoms with Crippen molar-refractivity contribution in [1.82, 2.24) is 5.32 Å². The molecule has 3 heteroatoms. The largest absolute Gasteiger partial charge is 0.465 e. The minimum absolute atomic E-state index is 0.0261. The lowest BCUT2D eigenvalue weighted by molar-refractivity contribution is -0.145. The normalized spacial score (nSPS) is 22.6. The van der Waals surface area contributed by atoms with Crippen LogP contribution in [-0.4, -0.2) is 25.2 Å². The topological polar surface area (TPSA) is 38.3 Å². The third-order valence-electron chi connectivity index (χ3n) is 2.09. The first-order chi connectivity index (χ1) is 5.84. The van der Waals surface area contributed by atoms with Gasteiger partial charge in [-0.15, -0.1) is 0 Å². The van der Waals surface area contributed by atoms with Crippen LogP contribution in [0.1, 0.15) is 32.6 Å². The minimum Gasteiger partial charge on any atom is -0.465 e. The Labute approximate surface area is 73.5 Å². The maximum Gasteiger partial charge on any atom is 0.323 e. The van der Waals surface area contributed by atoms with E-state index in [-0.39, 0.29) is 12.0 Å². The second-order valence-electron chi connectivity index (χ2n) is 3.17. The zero-order valence-corrected chi connectivity index (χ0v) is 7.64. The number of esters is 1. The molecular weight excluding hydrogens is 154 g/mol. The molecule has 1 fully saturated rings. The number of nitrogens with one attached hydrogen (secondary N) is 1. The first kappa shape index (κ1) is 9.52. The number of ether oxygens (including phenoxy) is 1. The van der Waals surface area contributed by atoms with Gasteiger partial charge < -0.3 is 10.1 Å². The molecule has 1 aliphatic rings. The van der Waals surface area contributed by atoms with Gasteiger partial charge in [-0.1, -0.05) is 13.3 Å². The summed E-state index contributed by atoms with van der Waals surface area (Å²) >= 11 is 0. The molecule has 1 atom stereocenters.